The number of rotatable bonds is 8. The second-order valence-electron chi connectivity index (χ2n) is 8.74. The number of benzene rings is 4. The highest BCUT2D eigenvalue weighted by atomic mass is 127. The molecule has 1 aromatic heterocycles. The van der Waals surface area contributed by atoms with Gasteiger partial charge in [0.1, 0.15) is 11.4 Å². The zero-order valence-electron chi connectivity index (χ0n) is 21.9. The molecule has 206 valence electrons. The molecule has 0 fully saturated rings. The van der Waals surface area contributed by atoms with E-state index in [1.54, 1.807) is 55.6 Å². The smallest absolute Gasteiger partial charge is 0.343 e. The zero-order valence-corrected chi connectivity index (χ0v) is 24.8. The van der Waals surface area contributed by atoms with E-state index in [0.717, 1.165) is 20.0 Å². The number of fused-ring (bicyclic) bond motifs is 1. The number of esters is 1. The van der Waals surface area contributed by atoms with Gasteiger partial charge in [0.2, 0.25) is 0 Å². The molecular weight excluding hydrogens is 657 g/mol. The molecule has 5 rings (SSSR count). The summed E-state index contributed by atoms with van der Waals surface area (Å²) in [4.78, 5) is 29.1. The quantitative estimate of drug-likeness (QED) is 0.0600. The summed E-state index contributed by atoms with van der Waals surface area (Å²) in [5.41, 5.74) is 6.18. The first-order valence-electron chi connectivity index (χ1n) is 12.3. The second kappa shape index (κ2) is 12.4. The number of hydrogen-bond donors (Lipinski definition) is 2. The van der Waals surface area contributed by atoms with E-state index < -0.39 is 11.9 Å². The van der Waals surface area contributed by atoms with E-state index >= 15 is 0 Å². The molecule has 41 heavy (non-hydrogen) atoms. The topological polar surface area (TPSA) is 102 Å². The van der Waals surface area contributed by atoms with Crippen LogP contribution in [0.2, 0.25) is 5.02 Å². The van der Waals surface area contributed by atoms with Gasteiger partial charge < -0.3 is 19.2 Å². The molecule has 1 heterocycles. The zero-order chi connectivity index (χ0) is 28.9. The average molecular weight is 680 g/mol. The van der Waals surface area contributed by atoms with Gasteiger partial charge >= 0.3 is 5.97 Å². The van der Waals surface area contributed by atoms with Crippen molar-refractivity contribution in [3.8, 4) is 28.4 Å². The summed E-state index contributed by atoms with van der Waals surface area (Å²) in [6.07, 6.45) is 1.47. The third-order valence-corrected chi connectivity index (χ3v) is 7.48. The number of carbonyl (C=O) groups is 2. The molecule has 0 spiro atoms. The van der Waals surface area contributed by atoms with E-state index in [1.165, 1.54) is 13.3 Å². The van der Waals surface area contributed by atoms with Gasteiger partial charge in [-0.25, -0.2) is 10.2 Å². The summed E-state index contributed by atoms with van der Waals surface area (Å²) < 4.78 is 17.0. The highest BCUT2D eigenvalue weighted by Gasteiger charge is 2.21. The van der Waals surface area contributed by atoms with Crippen LogP contribution in [0.4, 0.5) is 0 Å². The van der Waals surface area contributed by atoms with Crippen LogP contribution in [-0.2, 0) is 0 Å². The molecule has 0 unspecified atom stereocenters. The number of nitrogens with zero attached hydrogens (tertiary/aromatic N) is 1. The normalized spacial score (nSPS) is 11.0. The number of aromatic nitrogens is 1. The van der Waals surface area contributed by atoms with Crippen LogP contribution >= 0.6 is 34.2 Å². The molecule has 0 radical (unpaired) electrons. The molecule has 1 amide bonds. The number of carbonyl (C=O) groups excluding carboxylic acids is 2. The minimum Gasteiger partial charge on any atom is -0.497 e. The van der Waals surface area contributed by atoms with Crippen molar-refractivity contribution in [2.75, 3.05) is 14.2 Å². The molecule has 2 N–H and O–H groups in total. The van der Waals surface area contributed by atoms with Gasteiger partial charge in [0, 0.05) is 25.1 Å². The van der Waals surface area contributed by atoms with E-state index in [-0.39, 0.29) is 5.75 Å². The molecule has 0 aliphatic heterocycles. The molecule has 0 saturated heterocycles. The van der Waals surface area contributed by atoms with Gasteiger partial charge in [-0.05, 0) is 82.8 Å². The van der Waals surface area contributed by atoms with Crippen molar-refractivity contribution in [1.29, 1.82) is 0 Å². The summed E-state index contributed by atoms with van der Waals surface area (Å²) in [7, 11) is 3.02. The Bertz CT molecular complexity index is 1780. The van der Waals surface area contributed by atoms with Crippen molar-refractivity contribution in [2.45, 2.75) is 0 Å². The number of amides is 1. The number of methoxy groups -OCH3 is 2. The predicted molar refractivity (Wildman–Crippen MR) is 167 cm³/mol. The van der Waals surface area contributed by atoms with Crippen LogP contribution in [0.5, 0.6) is 17.2 Å². The van der Waals surface area contributed by atoms with Gasteiger partial charge in [0.05, 0.1) is 31.5 Å². The Balaban J connectivity index is 1.35. The first-order chi connectivity index (χ1) is 19.9. The lowest BCUT2D eigenvalue weighted by atomic mass is 10.0. The third-order valence-electron chi connectivity index (χ3n) is 6.25. The van der Waals surface area contributed by atoms with Crippen molar-refractivity contribution in [3.05, 3.63) is 110 Å². The number of halogens is 2. The molecule has 0 aliphatic rings. The SMILES string of the molecule is COc1ccc(C(=O)Oc2ccc(C=NNC(=O)c3[nH]c4c(I)cccc4c3-c3ccccc3Cl)cc2OC)cc1. The Kier molecular flexibility index (Phi) is 8.55. The van der Waals surface area contributed by atoms with Crippen LogP contribution in [0, 0.1) is 3.57 Å². The summed E-state index contributed by atoms with van der Waals surface area (Å²) >= 11 is 8.74. The minimum absolute atomic E-state index is 0.242. The van der Waals surface area contributed by atoms with Crippen molar-refractivity contribution in [1.82, 2.24) is 10.4 Å². The Morgan fingerprint density at radius 2 is 1.71 bits per heavy atom. The number of nitrogens with one attached hydrogen (secondary N) is 2. The predicted octanol–water partition coefficient (Wildman–Crippen LogP) is 7.09. The van der Waals surface area contributed by atoms with Crippen LogP contribution in [0.3, 0.4) is 0 Å². The Hall–Kier alpha value is -4.35. The third kappa shape index (κ3) is 6.06. The van der Waals surface area contributed by atoms with Gasteiger partial charge in [-0.2, -0.15) is 5.10 Å². The first-order valence-corrected chi connectivity index (χ1v) is 13.8. The minimum atomic E-state index is -0.540. The number of H-pyrrole nitrogens is 1. The van der Waals surface area contributed by atoms with Gasteiger partial charge in [0.25, 0.3) is 5.91 Å². The maximum absolute atomic E-state index is 13.3. The number of hydrazone groups is 1. The molecule has 0 saturated carbocycles. The number of hydrogen-bond acceptors (Lipinski definition) is 6. The fourth-order valence-corrected chi connectivity index (χ4v) is 5.11. The fourth-order valence-electron chi connectivity index (χ4n) is 4.25. The van der Waals surface area contributed by atoms with Crippen LogP contribution in [0.15, 0.2) is 90.0 Å². The second-order valence-corrected chi connectivity index (χ2v) is 10.3. The van der Waals surface area contributed by atoms with Crippen molar-refractivity contribution in [2.24, 2.45) is 5.10 Å². The maximum Gasteiger partial charge on any atom is 0.343 e. The number of para-hydroxylation sites is 1. The molecule has 0 aliphatic carbocycles. The summed E-state index contributed by atoms with van der Waals surface area (Å²) in [5.74, 6) is 0.233. The summed E-state index contributed by atoms with van der Waals surface area (Å²) in [6, 6.07) is 24.7. The lowest BCUT2D eigenvalue weighted by molar-refractivity contribution is 0.0729. The summed E-state index contributed by atoms with van der Waals surface area (Å²) in [5, 5.41) is 5.55. The highest BCUT2D eigenvalue weighted by molar-refractivity contribution is 14.1. The summed E-state index contributed by atoms with van der Waals surface area (Å²) in [6.45, 7) is 0. The molecular formula is C31H23ClIN3O5. The first kappa shape index (κ1) is 28.2. The van der Waals surface area contributed by atoms with E-state index in [2.05, 4.69) is 38.1 Å². The van der Waals surface area contributed by atoms with Crippen LogP contribution in [0.25, 0.3) is 22.0 Å². The Labute approximate surface area is 254 Å². The van der Waals surface area contributed by atoms with Gasteiger partial charge in [-0.3, -0.25) is 4.79 Å². The fraction of sp³-hybridized carbons (Fsp3) is 0.0645. The highest BCUT2D eigenvalue weighted by Crippen LogP contribution is 2.38. The maximum atomic E-state index is 13.3. The molecule has 0 bridgehead atoms. The van der Waals surface area contributed by atoms with Crippen molar-refractivity contribution in [3.63, 3.8) is 0 Å². The number of aromatic amines is 1. The van der Waals surface area contributed by atoms with Crippen molar-refractivity contribution < 1.29 is 23.8 Å². The van der Waals surface area contributed by atoms with Gasteiger partial charge in [-0.1, -0.05) is 41.9 Å². The molecule has 4 aromatic carbocycles. The van der Waals surface area contributed by atoms with Crippen molar-refractivity contribution >= 4 is 63.2 Å². The van der Waals surface area contributed by atoms with Gasteiger partial charge in [0.15, 0.2) is 11.5 Å². The lowest BCUT2D eigenvalue weighted by Gasteiger charge is -2.10. The molecule has 10 heteroatoms. The van der Waals surface area contributed by atoms with Gasteiger partial charge in [-0.15, -0.1) is 0 Å². The van der Waals surface area contributed by atoms with Crippen LogP contribution in [0.1, 0.15) is 26.4 Å². The standard InChI is InChI=1S/C31H23ClIN3O5/c1-39-20-13-11-19(12-14-20)31(38)41-25-15-10-18(16-26(25)40-2)17-34-36-30(37)29-27(21-6-3-4-8-23(21)32)22-7-5-9-24(33)28(22)35-29/h3-17,35H,1-2H3,(H,36,37). The average Bonchev–Trinajstić information content (AvgIpc) is 3.39. The van der Waals surface area contributed by atoms with E-state index in [0.29, 0.717) is 38.9 Å². The van der Waals surface area contributed by atoms with Crippen LogP contribution in [-0.4, -0.2) is 37.3 Å². The van der Waals surface area contributed by atoms with E-state index in [4.69, 9.17) is 25.8 Å². The van der Waals surface area contributed by atoms with E-state index in [9.17, 15) is 9.59 Å². The monoisotopic (exact) mass is 679 g/mol. The Morgan fingerprint density at radius 3 is 2.44 bits per heavy atom. The largest absolute Gasteiger partial charge is 0.497 e. The molecule has 5 aromatic rings. The molecule has 8 nitrogen and oxygen atoms in total. The van der Waals surface area contributed by atoms with Crippen LogP contribution < -0.4 is 19.6 Å². The van der Waals surface area contributed by atoms with E-state index in [1.807, 2.05) is 36.4 Å². The molecule has 0 atom stereocenters. The Morgan fingerprint density at radius 1 is 0.927 bits per heavy atom. The number of ether oxygens (including phenoxy) is 3. The lowest BCUT2D eigenvalue weighted by Crippen LogP contribution is -2.19.